The molecule has 1 amide bonds. The number of benzene rings is 2. The number of carbonyl (C=O) groups is 1. The van der Waals surface area contributed by atoms with Gasteiger partial charge in [-0.1, -0.05) is 18.2 Å². The highest BCUT2D eigenvalue weighted by Crippen LogP contribution is 2.38. The Morgan fingerprint density at radius 3 is 2.66 bits per heavy atom. The van der Waals surface area contributed by atoms with E-state index in [1.807, 2.05) is 23.1 Å². The normalized spacial score (nSPS) is 19.1. The molecule has 0 bridgehead atoms. The van der Waals surface area contributed by atoms with E-state index in [-0.39, 0.29) is 17.7 Å². The summed E-state index contributed by atoms with van der Waals surface area (Å²) in [5, 5.41) is 0. The van der Waals surface area contributed by atoms with Gasteiger partial charge in [0.2, 0.25) is 0 Å². The molecule has 1 fully saturated rings. The molecule has 0 radical (unpaired) electrons. The SMILES string of the molecule is CS(=O)(=O)Cc1cccc(C(=O)N2CCC[C@@H]2c2ccc3c(c2)OCCCO3)c1. The van der Waals surface area contributed by atoms with E-state index in [1.54, 1.807) is 24.3 Å². The van der Waals surface area contributed by atoms with E-state index in [9.17, 15) is 13.2 Å². The van der Waals surface area contributed by atoms with Crippen LogP contribution in [0.15, 0.2) is 42.5 Å². The van der Waals surface area contributed by atoms with Crippen molar-refractivity contribution in [2.45, 2.75) is 31.1 Å². The van der Waals surface area contributed by atoms with Crippen molar-refractivity contribution < 1.29 is 22.7 Å². The Morgan fingerprint density at radius 1 is 1.07 bits per heavy atom. The first-order valence-corrected chi connectivity index (χ1v) is 11.9. The van der Waals surface area contributed by atoms with Gasteiger partial charge >= 0.3 is 0 Å². The Kier molecular flexibility index (Phi) is 5.50. The van der Waals surface area contributed by atoms with E-state index in [0.717, 1.165) is 36.3 Å². The maximum atomic E-state index is 13.2. The minimum atomic E-state index is -3.15. The third-order valence-corrected chi connectivity index (χ3v) is 6.13. The summed E-state index contributed by atoms with van der Waals surface area (Å²) in [5.74, 6) is 1.33. The van der Waals surface area contributed by atoms with Crippen LogP contribution in [0, 0.1) is 0 Å². The number of likely N-dealkylation sites (tertiary alicyclic amines) is 1. The number of nitrogens with zero attached hydrogens (tertiary/aromatic N) is 1. The van der Waals surface area contributed by atoms with Crippen LogP contribution in [0.2, 0.25) is 0 Å². The van der Waals surface area contributed by atoms with Crippen molar-refractivity contribution >= 4 is 15.7 Å². The van der Waals surface area contributed by atoms with E-state index in [0.29, 0.717) is 30.9 Å². The summed E-state index contributed by atoms with van der Waals surface area (Å²) >= 11 is 0. The topological polar surface area (TPSA) is 72.9 Å². The number of carbonyl (C=O) groups excluding carboxylic acids is 1. The molecule has 2 aromatic carbocycles. The Labute approximate surface area is 171 Å². The molecule has 1 saturated heterocycles. The summed E-state index contributed by atoms with van der Waals surface area (Å²) in [5.41, 5.74) is 2.18. The standard InChI is InChI=1S/C22H25NO5S/c1-29(25,26)15-16-5-2-6-18(13-16)22(24)23-10-3-7-19(23)17-8-9-20-21(14-17)28-12-4-11-27-20/h2,5-6,8-9,13-14,19H,3-4,7,10-12,15H2,1H3/t19-/m1/s1. The molecular weight excluding hydrogens is 390 g/mol. The molecule has 0 unspecified atom stereocenters. The molecule has 2 heterocycles. The van der Waals surface area contributed by atoms with Crippen molar-refractivity contribution in [2.24, 2.45) is 0 Å². The minimum absolute atomic E-state index is 0.0294. The summed E-state index contributed by atoms with van der Waals surface area (Å²) in [4.78, 5) is 15.1. The average Bonchev–Trinajstić information content (AvgIpc) is 3.05. The molecule has 0 N–H and O–H groups in total. The monoisotopic (exact) mass is 415 g/mol. The Balaban J connectivity index is 1.58. The van der Waals surface area contributed by atoms with Crippen LogP contribution in [0.1, 0.15) is 46.8 Å². The second-order valence-electron chi connectivity index (χ2n) is 7.68. The molecule has 0 aromatic heterocycles. The largest absolute Gasteiger partial charge is 0.490 e. The van der Waals surface area contributed by atoms with Crippen molar-refractivity contribution in [1.29, 1.82) is 0 Å². The van der Waals surface area contributed by atoms with Crippen LogP contribution in [-0.2, 0) is 15.6 Å². The molecule has 6 nitrogen and oxygen atoms in total. The zero-order chi connectivity index (χ0) is 20.4. The van der Waals surface area contributed by atoms with Gasteiger partial charge in [0.1, 0.15) is 0 Å². The highest BCUT2D eigenvalue weighted by molar-refractivity contribution is 7.89. The van der Waals surface area contributed by atoms with Crippen LogP contribution < -0.4 is 9.47 Å². The first-order chi connectivity index (χ1) is 13.9. The zero-order valence-electron chi connectivity index (χ0n) is 16.5. The van der Waals surface area contributed by atoms with Gasteiger partial charge in [-0.15, -0.1) is 0 Å². The smallest absolute Gasteiger partial charge is 0.254 e. The molecule has 7 heteroatoms. The minimum Gasteiger partial charge on any atom is -0.490 e. The van der Waals surface area contributed by atoms with Gasteiger partial charge in [0.25, 0.3) is 5.91 Å². The number of ether oxygens (including phenoxy) is 2. The average molecular weight is 416 g/mol. The fourth-order valence-corrected chi connectivity index (χ4v) is 4.79. The second-order valence-corrected chi connectivity index (χ2v) is 9.82. The van der Waals surface area contributed by atoms with Crippen molar-refractivity contribution in [3.8, 4) is 11.5 Å². The summed E-state index contributed by atoms with van der Waals surface area (Å²) in [6, 6.07) is 12.8. The Bertz CT molecular complexity index is 1020. The molecular formula is C22H25NO5S. The van der Waals surface area contributed by atoms with Crippen LogP contribution in [0.25, 0.3) is 0 Å². The van der Waals surface area contributed by atoms with Gasteiger partial charge in [-0.3, -0.25) is 4.79 Å². The summed E-state index contributed by atoms with van der Waals surface area (Å²) < 4.78 is 34.7. The van der Waals surface area contributed by atoms with Crippen molar-refractivity contribution in [1.82, 2.24) is 4.90 Å². The fraction of sp³-hybridized carbons (Fsp3) is 0.409. The predicted molar refractivity (Wildman–Crippen MR) is 110 cm³/mol. The van der Waals surface area contributed by atoms with Crippen LogP contribution in [0.5, 0.6) is 11.5 Å². The highest BCUT2D eigenvalue weighted by atomic mass is 32.2. The molecule has 2 aromatic rings. The molecule has 0 saturated carbocycles. The molecule has 2 aliphatic heterocycles. The molecule has 1 atom stereocenters. The first kappa shape index (κ1) is 19.8. The summed E-state index contributed by atoms with van der Waals surface area (Å²) in [7, 11) is -3.15. The molecule has 2 aliphatic rings. The van der Waals surface area contributed by atoms with E-state index in [2.05, 4.69) is 0 Å². The second kappa shape index (κ2) is 8.06. The van der Waals surface area contributed by atoms with Gasteiger partial charge in [0.05, 0.1) is 25.0 Å². The van der Waals surface area contributed by atoms with Crippen molar-refractivity contribution in [3.63, 3.8) is 0 Å². The number of sulfone groups is 1. The van der Waals surface area contributed by atoms with Gasteiger partial charge in [-0.25, -0.2) is 8.42 Å². The van der Waals surface area contributed by atoms with Gasteiger partial charge in [0, 0.05) is 24.8 Å². The highest BCUT2D eigenvalue weighted by Gasteiger charge is 2.31. The molecule has 0 aliphatic carbocycles. The lowest BCUT2D eigenvalue weighted by Crippen LogP contribution is -2.30. The molecule has 0 spiro atoms. The third kappa shape index (κ3) is 4.56. The van der Waals surface area contributed by atoms with E-state index in [4.69, 9.17) is 9.47 Å². The Hall–Kier alpha value is -2.54. The van der Waals surface area contributed by atoms with E-state index in [1.165, 1.54) is 6.26 Å². The maximum absolute atomic E-state index is 13.2. The van der Waals surface area contributed by atoms with Gasteiger partial charge in [-0.2, -0.15) is 0 Å². The van der Waals surface area contributed by atoms with Crippen LogP contribution in [-0.4, -0.2) is 45.2 Å². The zero-order valence-corrected chi connectivity index (χ0v) is 17.3. The number of hydrogen-bond donors (Lipinski definition) is 0. The number of amides is 1. The van der Waals surface area contributed by atoms with Crippen LogP contribution >= 0.6 is 0 Å². The number of fused-ring (bicyclic) bond motifs is 1. The quantitative estimate of drug-likeness (QED) is 0.766. The van der Waals surface area contributed by atoms with E-state index < -0.39 is 9.84 Å². The fourth-order valence-electron chi connectivity index (χ4n) is 4.01. The van der Waals surface area contributed by atoms with Crippen molar-refractivity contribution in [2.75, 3.05) is 26.0 Å². The van der Waals surface area contributed by atoms with Gasteiger partial charge in [0.15, 0.2) is 21.3 Å². The maximum Gasteiger partial charge on any atom is 0.254 e. The lowest BCUT2D eigenvalue weighted by atomic mass is 10.0. The van der Waals surface area contributed by atoms with Crippen molar-refractivity contribution in [3.05, 3.63) is 59.2 Å². The molecule has 29 heavy (non-hydrogen) atoms. The lowest BCUT2D eigenvalue weighted by molar-refractivity contribution is 0.0735. The van der Waals surface area contributed by atoms with Gasteiger partial charge in [-0.05, 0) is 48.2 Å². The summed E-state index contributed by atoms with van der Waals surface area (Å²) in [6.45, 7) is 1.94. The number of rotatable bonds is 4. The van der Waals surface area contributed by atoms with E-state index >= 15 is 0 Å². The summed E-state index contributed by atoms with van der Waals surface area (Å²) in [6.07, 6.45) is 3.85. The lowest BCUT2D eigenvalue weighted by Gasteiger charge is -2.26. The Morgan fingerprint density at radius 2 is 1.86 bits per heavy atom. The molecule has 154 valence electrons. The molecule has 4 rings (SSSR count). The van der Waals surface area contributed by atoms with Gasteiger partial charge < -0.3 is 14.4 Å². The predicted octanol–water partition coefficient (Wildman–Crippen LogP) is 3.37. The van der Waals surface area contributed by atoms with Crippen LogP contribution in [0.3, 0.4) is 0 Å². The van der Waals surface area contributed by atoms with Crippen LogP contribution in [0.4, 0.5) is 0 Å². The third-order valence-electron chi connectivity index (χ3n) is 5.27. The first-order valence-electron chi connectivity index (χ1n) is 9.88. The number of hydrogen-bond acceptors (Lipinski definition) is 5.